The Morgan fingerprint density at radius 2 is 1.28 bits per heavy atom. The van der Waals surface area contributed by atoms with Crippen LogP contribution in [0.5, 0.6) is 0 Å². The van der Waals surface area contributed by atoms with Gasteiger partial charge in [0, 0.05) is 0 Å². The topological polar surface area (TPSA) is 0 Å². The molecule has 0 radical (unpaired) electrons. The van der Waals surface area contributed by atoms with Gasteiger partial charge < -0.3 is 0 Å². The van der Waals surface area contributed by atoms with Gasteiger partial charge >= 0.3 is 6.18 Å². The van der Waals surface area contributed by atoms with Crippen molar-refractivity contribution in [1.82, 2.24) is 0 Å². The first-order valence-electron chi connectivity index (χ1n) is 8.66. The molecule has 0 saturated heterocycles. The fourth-order valence-corrected chi connectivity index (χ4v) is 3.13. The maximum Gasteiger partial charge on any atom is 0.416 e. The van der Waals surface area contributed by atoms with Crippen LogP contribution in [-0.4, -0.2) is 0 Å². The first kappa shape index (κ1) is 17.5. The average molecular weight is 342 g/mol. The van der Waals surface area contributed by atoms with Crippen molar-refractivity contribution in [3.8, 4) is 0 Å². The largest absolute Gasteiger partial charge is 0.416 e. The van der Waals surface area contributed by atoms with Gasteiger partial charge in [0.15, 0.2) is 0 Å². The fourth-order valence-electron chi connectivity index (χ4n) is 3.13. The molecule has 0 aliphatic carbocycles. The Bertz CT molecular complexity index is 834. The first-order valence-corrected chi connectivity index (χ1v) is 8.66. The molecular weight excluding hydrogens is 321 g/mol. The zero-order valence-electron chi connectivity index (χ0n) is 14.0. The van der Waals surface area contributed by atoms with Gasteiger partial charge in [-0.1, -0.05) is 67.1 Å². The van der Waals surface area contributed by atoms with Crippen molar-refractivity contribution in [2.75, 3.05) is 0 Å². The van der Waals surface area contributed by atoms with E-state index < -0.39 is 11.7 Å². The highest BCUT2D eigenvalue weighted by atomic mass is 19.4. The maximum absolute atomic E-state index is 12.7. The average Bonchev–Trinajstić information content (AvgIpc) is 2.61. The molecule has 0 bridgehead atoms. The van der Waals surface area contributed by atoms with E-state index in [2.05, 4.69) is 30.3 Å². The van der Waals surface area contributed by atoms with E-state index >= 15 is 0 Å². The zero-order chi connectivity index (χ0) is 17.7. The van der Waals surface area contributed by atoms with Crippen molar-refractivity contribution in [1.29, 1.82) is 0 Å². The van der Waals surface area contributed by atoms with Crippen molar-refractivity contribution in [2.24, 2.45) is 0 Å². The lowest BCUT2D eigenvalue weighted by molar-refractivity contribution is -0.137. The summed E-state index contributed by atoms with van der Waals surface area (Å²) in [5, 5.41) is 2.50. The van der Waals surface area contributed by atoms with Gasteiger partial charge in [0.25, 0.3) is 0 Å². The number of fused-ring (bicyclic) bond motifs is 1. The van der Waals surface area contributed by atoms with Crippen molar-refractivity contribution in [2.45, 2.75) is 38.3 Å². The van der Waals surface area contributed by atoms with Gasteiger partial charge in [-0.15, -0.1) is 0 Å². The summed E-state index contributed by atoms with van der Waals surface area (Å²) in [6.45, 7) is 0. The van der Waals surface area contributed by atoms with Gasteiger partial charge in [0.1, 0.15) is 0 Å². The molecule has 0 unspecified atom stereocenters. The van der Waals surface area contributed by atoms with Gasteiger partial charge in [0.2, 0.25) is 0 Å². The van der Waals surface area contributed by atoms with Gasteiger partial charge in [-0.25, -0.2) is 0 Å². The van der Waals surface area contributed by atoms with Crippen molar-refractivity contribution >= 4 is 10.8 Å². The second kappa shape index (κ2) is 7.73. The third-order valence-corrected chi connectivity index (χ3v) is 4.50. The highest BCUT2D eigenvalue weighted by molar-refractivity contribution is 5.82. The van der Waals surface area contributed by atoms with Crippen molar-refractivity contribution in [3.05, 3.63) is 83.4 Å². The molecule has 0 heterocycles. The van der Waals surface area contributed by atoms with E-state index in [-0.39, 0.29) is 0 Å². The van der Waals surface area contributed by atoms with E-state index in [1.54, 1.807) is 6.07 Å². The van der Waals surface area contributed by atoms with Crippen molar-refractivity contribution in [3.63, 3.8) is 0 Å². The number of unbranched alkanes of at least 4 members (excludes halogenated alkanes) is 2. The van der Waals surface area contributed by atoms with E-state index in [0.29, 0.717) is 6.42 Å². The molecule has 0 spiro atoms. The lowest BCUT2D eigenvalue weighted by Crippen LogP contribution is -2.05. The number of alkyl halides is 3. The van der Waals surface area contributed by atoms with Crippen LogP contribution in [-0.2, 0) is 19.0 Å². The summed E-state index contributed by atoms with van der Waals surface area (Å²) in [4.78, 5) is 0. The predicted octanol–water partition coefficient (Wildman–Crippen LogP) is 6.81. The number of hydrogen-bond donors (Lipinski definition) is 0. The second-order valence-electron chi connectivity index (χ2n) is 6.44. The van der Waals surface area contributed by atoms with Crippen LogP contribution in [0.2, 0.25) is 0 Å². The first-order chi connectivity index (χ1) is 12.0. The Balaban J connectivity index is 1.47. The Kier molecular flexibility index (Phi) is 5.42. The maximum atomic E-state index is 12.7. The lowest BCUT2D eigenvalue weighted by atomic mass is 10.0. The van der Waals surface area contributed by atoms with E-state index in [9.17, 15) is 13.2 Å². The molecule has 0 N–H and O–H groups in total. The second-order valence-corrected chi connectivity index (χ2v) is 6.44. The number of benzene rings is 3. The normalized spacial score (nSPS) is 11.8. The Hall–Kier alpha value is -2.29. The van der Waals surface area contributed by atoms with Crippen LogP contribution >= 0.6 is 0 Å². The van der Waals surface area contributed by atoms with Gasteiger partial charge in [0.05, 0.1) is 5.56 Å². The smallest absolute Gasteiger partial charge is 0.166 e. The minimum absolute atomic E-state index is 0.554. The minimum atomic E-state index is -4.26. The molecular formula is C22H21F3. The Morgan fingerprint density at radius 3 is 2.00 bits per heavy atom. The van der Waals surface area contributed by atoms with Crippen LogP contribution in [0.15, 0.2) is 66.7 Å². The van der Waals surface area contributed by atoms with Gasteiger partial charge in [-0.05, 0) is 53.6 Å². The summed E-state index contributed by atoms with van der Waals surface area (Å²) in [5.74, 6) is 0. The van der Waals surface area contributed by atoms with E-state index in [0.717, 1.165) is 37.3 Å². The van der Waals surface area contributed by atoms with Gasteiger partial charge in [-0.2, -0.15) is 13.2 Å². The van der Waals surface area contributed by atoms with E-state index in [4.69, 9.17) is 0 Å². The molecule has 0 nitrogen and oxygen atoms in total. The fraction of sp³-hybridized carbons (Fsp3) is 0.273. The molecule has 25 heavy (non-hydrogen) atoms. The zero-order valence-corrected chi connectivity index (χ0v) is 14.0. The number of hydrogen-bond acceptors (Lipinski definition) is 0. The van der Waals surface area contributed by atoms with Crippen LogP contribution in [0.3, 0.4) is 0 Å². The molecule has 0 aromatic heterocycles. The summed E-state index contributed by atoms with van der Waals surface area (Å²) in [6, 6.07) is 20.5. The summed E-state index contributed by atoms with van der Waals surface area (Å²) in [5.41, 5.74) is 1.53. The highest BCUT2D eigenvalue weighted by Crippen LogP contribution is 2.29. The molecule has 3 aromatic carbocycles. The molecule has 0 amide bonds. The SMILES string of the molecule is FC(F)(F)c1cccc(CCCCCc2ccc3ccccc3c2)c1. The van der Waals surface area contributed by atoms with Crippen LogP contribution in [0.4, 0.5) is 13.2 Å². The monoisotopic (exact) mass is 342 g/mol. The molecule has 3 heteroatoms. The molecule has 3 aromatic rings. The van der Waals surface area contributed by atoms with Crippen LogP contribution in [0, 0.1) is 0 Å². The lowest BCUT2D eigenvalue weighted by Gasteiger charge is -2.09. The Morgan fingerprint density at radius 1 is 0.600 bits per heavy atom. The number of aryl methyl sites for hydroxylation is 2. The van der Waals surface area contributed by atoms with Crippen LogP contribution in [0.25, 0.3) is 10.8 Å². The van der Waals surface area contributed by atoms with E-state index in [1.165, 1.54) is 28.5 Å². The van der Waals surface area contributed by atoms with Gasteiger partial charge in [-0.3, -0.25) is 0 Å². The minimum Gasteiger partial charge on any atom is -0.166 e. The Labute approximate surface area is 146 Å². The molecule has 3 rings (SSSR count). The number of halogens is 3. The quantitative estimate of drug-likeness (QED) is 0.431. The van der Waals surface area contributed by atoms with Crippen molar-refractivity contribution < 1.29 is 13.2 Å². The summed E-state index contributed by atoms with van der Waals surface area (Å²) >= 11 is 0. The molecule has 0 aliphatic heterocycles. The molecule has 0 saturated carbocycles. The van der Waals surface area contributed by atoms with Crippen LogP contribution < -0.4 is 0 Å². The number of rotatable bonds is 6. The molecule has 0 fully saturated rings. The third-order valence-electron chi connectivity index (χ3n) is 4.50. The molecule has 0 atom stereocenters. The third kappa shape index (κ3) is 4.85. The molecule has 130 valence electrons. The molecule has 0 aliphatic rings. The summed E-state index contributed by atoms with van der Waals surface area (Å²) in [7, 11) is 0. The summed E-state index contributed by atoms with van der Waals surface area (Å²) in [6.07, 6.45) is 0.427. The predicted molar refractivity (Wildman–Crippen MR) is 96.7 cm³/mol. The highest BCUT2D eigenvalue weighted by Gasteiger charge is 2.30. The van der Waals surface area contributed by atoms with Crippen LogP contribution in [0.1, 0.15) is 36.0 Å². The standard InChI is InChI=1S/C22H21F3/c23-22(24,25)21-12-6-9-17(16-21)7-2-1-3-8-18-13-14-19-10-4-5-11-20(19)15-18/h4-6,9-16H,1-3,7-8H2. The summed E-state index contributed by atoms with van der Waals surface area (Å²) < 4.78 is 38.1. The van der Waals surface area contributed by atoms with E-state index in [1.807, 2.05) is 12.1 Å².